The number of anilines is 1. The van der Waals surface area contributed by atoms with Gasteiger partial charge in [0, 0.05) is 19.6 Å². The van der Waals surface area contributed by atoms with E-state index < -0.39 is 12.0 Å². The quantitative estimate of drug-likeness (QED) is 0.655. The first-order chi connectivity index (χ1) is 14.3. The molecule has 1 saturated heterocycles. The fourth-order valence-electron chi connectivity index (χ4n) is 3.46. The van der Waals surface area contributed by atoms with E-state index in [1.54, 1.807) is 23.1 Å². The molecular formula is C19H18F4N6O. The van der Waals surface area contributed by atoms with Gasteiger partial charge < -0.3 is 10.2 Å². The number of amides is 1. The molecule has 1 amide bonds. The summed E-state index contributed by atoms with van der Waals surface area (Å²) in [6, 6.07) is 8.84. The lowest BCUT2D eigenvalue weighted by Crippen LogP contribution is -2.43. The zero-order valence-electron chi connectivity index (χ0n) is 15.7. The van der Waals surface area contributed by atoms with Gasteiger partial charge >= 0.3 is 6.18 Å². The first-order valence-corrected chi connectivity index (χ1v) is 9.38. The van der Waals surface area contributed by atoms with E-state index in [2.05, 4.69) is 20.6 Å². The summed E-state index contributed by atoms with van der Waals surface area (Å²) in [7, 11) is 0. The first kappa shape index (κ1) is 20.0. The molecule has 1 unspecified atom stereocenters. The Morgan fingerprint density at radius 1 is 1.13 bits per heavy atom. The Labute approximate surface area is 168 Å². The average Bonchev–Trinajstić information content (AvgIpc) is 3.17. The van der Waals surface area contributed by atoms with Crippen LogP contribution in [-0.2, 0) is 17.5 Å². The van der Waals surface area contributed by atoms with E-state index in [1.807, 2.05) is 0 Å². The maximum absolute atomic E-state index is 13.1. The van der Waals surface area contributed by atoms with Crippen molar-refractivity contribution >= 4 is 17.4 Å². The number of nitrogens with zero attached hydrogens (tertiary/aromatic N) is 5. The number of rotatable bonds is 4. The van der Waals surface area contributed by atoms with Gasteiger partial charge in [-0.2, -0.15) is 17.7 Å². The predicted molar refractivity (Wildman–Crippen MR) is 99.0 cm³/mol. The third-order valence-corrected chi connectivity index (χ3v) is 5.00. The third kappa shape index (κ3) is 4.19. The summed E-state index contributed by atoms with van der Waals surface area (Å²) >= 11 is 0. The van der Waals surface area contributed by atoms with Gasteiger partial charge in [0.2, 0.25) is 5.91 Å². The van der Waals surface area contributed by atoms with Gasteiger partial charge in [0.25, 0.3) is 5.82 Å². The molecule has 0 spiro atoms. The number of hydrogen-bond donors (Lipinski definition) is 1. The Morgan fingerprint density at radius 3 is 2.63 bits per heavy atom. The van der Waals surface area contributed by atoms with Crippen LogP contribution in [-0.4, -0.2) is 38.8 Å². The van der Waals surface area contributed by atoms with Crippen molar-refractivity contribution in [2.75, 3.05) is 18.0 Å². The molecule has 1 atom stereocenters. The summed E-state index contributed by atoms with van der Waals surface area (Å²) in [6.45, 7) is 1.18. The first-order valence-electron chi connectivity index (χ1n) is 9.38. The van der Waals surface area contributed by atoms with Gasteiger partial charge in [-0.15, -0.1) is 15.3 Å². The minimum atomic E-state index is -4.67. The lowest BCUT2D eigenvalue weighted by molar-refractivity contribution is -0.146. The van der Waals surface area contributed by atoms with Crippen LogP contribution in [0.1, 0.15) is 24.2 Å². The summed E-state index contributed by atoms with van der Waals surface area (Å²) in [5.74, 6) is -1.71. The predicted octanol–water partition coefficient (Wildman–Crippen LogP) is 2.82. The summed E-state index contributed by atoms with van der Waals surface area (Å²) < 4.78 is 52.9. The van der Waals surface area contributed by atoms with Crippen molar-refractivity contribution < 1.29 is 22.4 Å². The molecule has 1 aliphatic rings. The smallest absolute Gasteiger partial charge is 0.354 e. The molecular weight excluding hydrogens is 404 g/mol. The Kier molecular flexibility index (Phi) is 5.27. The van der Waals surface area contributed by atoms with Crippen molar-refractivity contribution in [3.05, 3.63) is 53.6 Å². The highest BCUT2D eigenvalue weighted by molar-refractivity contribution is 5.79. The van der Waals surface area contributed by atoms with Crippen LogP contribution < -0.4 is 10.2 Å². The minimum absolute atomic E-state index is 0.00308. The monoisotopic (exact) mass is 422 g/mol. The molecule has 7 nitrogen and oxygen atoms in total. The van der Waals surface area contributed by atoms with Crippen LogP contribution in [0.5, 0.6) is 0 Å². The highest BCUT2D eigenvalue weighted by atomic mass is 19.4. The summed E-state index contributed by atoms with van der Waals surface area (Å²) in [6.07, 6.45) is -3.31. The second-order valence-electron chi connectivity index (χ2n) is 7.11. The van der Waals surface area contributed by atoms with Gasteiger partial charge in [0.15, 0.2) is 5.65 Å². The molecule has 158 valence electrons. The molecule has 0 aliphatic carbocycles. The zero-order valence-corrected chi connectivity index (χ0v) is 15.7. The maximum Gasteiger partial charge on any atom is 0.453 e. The van der Waals surface area contributed by atoms with E-state index >= 15 is 0 Å². The second kappa shape index (κ2) is 7.88. The number of carbonyl (C=O) groups excluding carboxylic acids is 1. The number of halogens is 4. The van der Waals surface area contributed by atoms with E-state index in [0.29, 0.717) is 36.3 Å². The fourth-order valence-corrected chi connectivity index (χ4v) is 3.46. The van der Waals surface area contributed by atoms with Gasteiger partial charge in [0.1, 0.15) is 11.6 Å². The molecule has 0 radical (unpaired) electrons. The number of fused-ring (bicyclic) bond motifs is 1. The van der Waals surface area contributed by atoms with Crippen LogP contribution in [0.15, 0.2) is 36.4 Å². The van der Waals surface area contributed by atoms with Crippen LogP contribution in [0.2, 0.25) is 0 Å². The van der Waals surface area contributed by atoms with Gasteiger partial charge in [0.05, 0.1) is 5.92 Å². The number of hydrogen-bond acceptors (Lipinski definition) is 5. The van der Waals surface area contributed by atoms with Crippen LogP contribution in [0.25, 0.3) is 5.65 Å². The molecule has 1 N–H and O–H groups in total. The molecule has 11 heteroatoms. The molecule has 1 aromatic carbocycles. The van der Waals surface area contributed by atoms with Crippen molar-refractivity contribution in [3.63, 3.8) is 0 Å². The molecule has 3 heterocycles. The van der Waals surface area contributed by atoms with Crippen molar-refractivity contribution in [3.8, 4) is 0 Å². The van der Waals surface area contributed by atoms with E-state index in [0.717, 1.165) is 5.56 Å². The maximum atomic E-state index is 13.1. The Hall–Kier alpha value is -3.24. The van der Waals surface area contributed by atoms with Gasteiger partial charge in [-0.3, -0.25) is 4.79 Å². The highest BCUT2D eigenvalue weighted by Gasteiger charge is 2.38. The number of aromatic nitrogens is 4. The van der Waals surface area contributed by atoms with Crippen LogP contribution in [0.3, 0.4) is 0 Å². The third-order valence-electron chi connectivity index (χ3n) is 5.00. The van der Waals surface area contributed by atoms with E-state index in [4.69, 9.17) is 0 Å². The number of piperidine rings is 1. The second-order valence-corrected chi connectivity index (χ2v) is 7.11. The summed E-state index contributed by atoms with van der Waals surface area (Å²) in [4.78, 5) is 14.3. The molecule has 30 heavy (non-hydrogen) atoms. The molecule has 4 rings (SSSR count). The zero-order chi connectivity index (χ0) is 21.3. The van der Waals surface area contributed by atoms with Gasteiger partial charge in [-0.05, 0) is 42.7 Å². The van der Waals surface area contributed by atoms with Crippen molar-refractivity contribution in [1.29, 1.82) is 0 Å². The minimum Gasteiger partial charge on any atom is -0.354 e. The highest BCUT2D eigenvalue weighted by Crippen LogP contribution is 2.28. The molecule has 3 aromatic rings. The Morgan fingerprint density at radius 2 is 1.90 bits per heavy atom. The van der Waals surface area contributed by atoms with E-state index in [-0.39, 0.29) is 29.8 Å². The average molecular weight is 422 g/mol. The number of alkyl halides is 3. The lowest BCUT2D eigenvalue weighted by Gasteiger charge is -2.32. The molecule has 1 aliphatic heterocycles. The number of nitrogens with one attached hydrogen (secondary N) is 1. The van der Waals surface area contributed by atoms with Crippen LogP contribution >= 0.6 is 0 Å². The van der Waals surface area contributed by atoms with Crippen LogP contribution in [0.4, 0.5) is 23.4 Å². The number of carbonyl (C=O) groups is 1. The largest absolute Gasteiger partial charge is 0.453 e. The summed E-state index contributed by atoms with van der Waals surface area (Å²) in [5, 5.41) is 13.6. The van der Waals surface area contributed by atoms with Crippen LogP contribution in [0, 0.1) is 11.7 Å². The Balaban J connectivity index is 1.45. The normalized spacial score (nSPS) is 17.3. The molecule has 0 bridgehead atoms. The van der Waals surface area contributed by atoms with E-state index in [1.165, 1.54) is 18.2 Å². The topological polar surface area (TPSA) is 75.4 Å². The standard InChI is InChI=1S/C19H18F4N6O/c20-14-5-3-12(4-6-14)10-24-17(30)13-2-1-9-28(11-13)16-8-7-15-25-26-18(19(21,22)23)29(15)27-16/h3-8,13H,1-2,9-11H2,(H,24,30). The lowest BCUT2D eigenvalue weighted by atomic mass is 9.97. The SMILES string of the molecule is O=C(NCc1ccc(F)cc1)C1CCCN(c2ccc3nnc(C(F)(F)F)n3n2)C1. The Bertz CT molecular complexity index is 1050. The van der Waals surface area contributed by atoms with Crippen molar-refractivity contribution in [1.82, 2.24) is 25.1 Å². The van der Waals surface area contributed by atoms with Gasteiger partial charge in [-0.25, -0.2) is 4.39 Å². The van der Waals surface area contributed by atoms with Gasteiger partial charge in [-0.1, -0.05) is 12.1 Å². The summed E-state index contributed by atoms with van der Waals surface area (Å²) in [5.41, 5.74) is 0.772. The van der Waals surface area contributed by atoms with Crippen molar-refractivity contribution in [2.45, 2.75) is 25.6 Å². The molecule has 1 fully saturated rings. The number of benzene rings is 1. The van der Waals surface area contributed by atoms with Crippen molar-refractivity contribution in [2.24, 2.45) is 5.92 Å². The fraction of sp³-hybridized carbons (Fsp3) is 0.368. The molecule has 2 aromatic heterocycles. The van der Waals surface area contributed by atoms with E-state index in [9.17, 15) is 22.4 Å². The molecule has 0 saturated carbocycles.